The van der Waals surface area contributed by atoms with Crippen molar-refractivity contribution in [1.82, 2.24) is 9.88 Å². The molecule has 7 nitrogen and oxygen atoms in total. The van der Waals surface area contributed by atoms with Crippen LogP contribution in [-0.4, -0.2) is 27.4 Å². The van der Waals surface area contributed by atoms with Gasteiger partial charge < -0.3 is 9.88 Å². The first kappa shape index (κ1) is 24.1. The van der Waals surface area contributed by atoms with Crippen molar-refractivity contribution in [1.29, 1.82) is 0 Å². The van der Waals surface area contributed by atoms with Gasteiger partial charge in [0, 0.05) is 29.7 Å². The van der Waals surface area contributed by atoms with Crippen LogP contribution in [0.25, 0.3) is 11.8 Å². The fourth-order valence-corrected chi connectivity index (χ4v) is 4.44. The number of rotatable bonds is 5. The molecule has 1 aliphatic rings. The maximum Gasteiger partial charge on any atom is 0.270 e. The van der Waals surface area contributed by atoms with Crippen LogP contribution in [0.1, 0.15) is 36.4 Å². The van der Waals surface area contributed by atoms with Crippen molar-refractivity contribution < 1.29 is 14.4 Å². The first-order valence-electron chi connectivity index (χ1n) is 11.3. The lowest BCUT2D eigenvalue weighted by Crippen LogP contribution is -2.54. The molecule has 1 aromatic heterocycles. The molecule has 0 unspecified atom stereocenters. The first-order valence-corrected chi connectivity index (χ1v) is 11.7. The van der Waals surface area contributed by atoms with Crippen LogP contribution in [-0.2, 0) is 20.8 Å². The van der Waals surface area contributed by atoms with Crippen LogP contribution in [0, 0.1) is 13.8 Å². The van der Waals surface area contributed by atoms with Crippen LogP contribution in [0.5, 0.6) is 0 Å². The van der Waals surface area contributed by atoms with Gasteiger partial charge in [0.05, 0.1) is 5.69 Å². The molecule has 178 valence electrons. The zero-order chi connectivity index (χ0) is 25.3. The largest absolute Gasteiger partial charge is 0.326 e. The van der Waals surface area contributed by atoms with E-state index in [2.05, 4.69) is 17.6 Å². The molecule has 0 radical (unpaired) electrons. The van der Waals surface area contributed by atoms with Crippen molar-refractivity contribution >= 4 is 52.5 Å². The number of amides is 3. The third-order valence-corrected chi connectivity index (χ3v) is 6.21. The van der Waals surface area contributed by atoms with Gasteiger partial charge in [-0.2, -0.15) is 0 Å². The summed E-state index contributed by atoms with van der Waals surface area (Å²) in [5.41, 5.74) is 5.92. The van der Waals surface area contributed by atoms with Crippen LogP contribution in [0.3, 0.4) is 0 Å². The molecule has 0 aliphatic carbocycles. The molecule has 0 atom stereocenters. The smallest absolute Gasteiger partial charge is 0.270 e. The minimum Gasteiger partial charge on any atom is -0.326 e. The van der Waals surface area contributed by atoms with E-state index in [0.717, 1.165) is 34.6 Å². The minimum atomic E-state index is -0.522. The number of carbonyl (C=O) groups excluding carboxylic acids is 3. The van der Waals surface area contributed by atoms with Gasteiger partial charge in [0.15, 0.2) is 5.11 Å². The predicted octanol–water partition coefficient (Wildman–Crippen LogP) is 4.45. The maximum atomic E-state index is 13.4. The summed E-state index contributed by atoms with van der Waals surface area (Å²) in [4.78, 5) is 38.8. The van der Waals surface area contributed by atoms with Gasteiger partial charge in [-0.05, 0) is 92.2 Å². The van der Waals surface area contributed by atoms with Gasteiger partial charge in [-0.1, -0.05) is 19.1 Å². The Balaban J connectivity index is 1.69. The zero-order valence-corrected chi connectivity index (χ0v) is 20.8. The summed E-state index contributed by atoms with van der Waals surface area (Å²) in [7, 11) is 0. The van der Waals surface area contributed by atoms with Gasteiger partial charge in [-0.25, -0.2) is 0 Å². The zero-order valence-electron chi connectivity index (χ0n) is 20.0. The Bertz CT molecular complexity index is 1370. The number of hydrogen-bond acceptors (Lipinski definition) is 4. The number of benzene rings is 2. The Hall–Kier alpha value is -4.04. The van der Waals surface area contributed by atoms with E-state index in [1.165, 1.54) is 11.8 Å². The molecule has 35 heavy (non-hydrogen) atoms. The number of hydrogen-bond donors (Lipinski definition) is 2. The summed E-state index contributed by atoms with van der Waals surface area (Å²) in [6.45, 7) is 7.40. The van der Waals surface area contributed by atoms with E-state index in [9.17, 15) is 14.4 Å². The fourth-order valence-electron chi connectivity index (χ4n) is 4.16. The second-order valence-electron chi connectivity index (χ2n) is 8.37. The van der Waals surface area contributed by atoms with E-state index in [1.54, 1.807) is 6.08 Å². The summed E-state index contributed by atoms with van der Waals surface area (Å²) in [5, 5.41) is 5.46. The highest BCUT2D eigenvalue weighted by molar-refractivity contribution is 7.80. The standard InChI is InChI=1S/C27H26N4O3S/c1-5-19-6-10-23(11-7-19)31-26(34)24(25(33)29-27(31)35)15-20-14-16(2)30(17(20)3)22-12-8-21(9-13-22)28-18(4)32/h6-15H,5H2,1-4H3,(H,28,32)(H,29,33,35)/b24-15+. The third-order valence-electron chi connectivity index (χ3n) is 5.92. The molecule has 2 aromatic carbocycles. The SMILES string of the molecule is CCc1ccc(N2C(=O)/C(=C/c3cc(C)n(-c4ccc(NC(C)=O)cc4)c3C)C(=O)NC2=S)cc1. The molecule has 3 aromatic rings. The highest BCUT2D eigenvalue weighted by Gasteiger charge is 2.34. The van der Waals surface area contributed by atoms with Crippen LogP contribution >= 0.6 is 12.2 Å². The maximum absolute atomic E-state index is 13.4. The predicted molar refractivity (Wildman–Crippen MR) is 142 cm³/mol. The van der Waals surface area contributed by atoms with Crippen LogP contribution in [0.2, 0.25) is 0 Å². The highest BCUT2D eigenvalue weighted by atomic mass is 32.1. The molecule has 4 rings (SSSR count). The lowest BCUT2D eigenvalue weighted by molar-refractivity contribution is -0.122. The summed E-state index contributed by atoms with van der Waals surface area (Å²) >= 11 is 5.31. The van der Waals surface area contributed by atoms with Gasteiger partial charge in [-0.15, -0.1) is 0 Å². The number of aromatic nitrogens is 1. The van der Waals surface area contributed by atoms with E-state index in [1.807, 2.05) is 73.0 Å². The quantitative estimate of drug-likeness (QED) is 0.317. The second kappa shape index (κ2) is 9.68. The molecule has 1 fully saturated rings. The van der Waals surface area contributed by atoms with Crippen molar-refractivity contribution in [2.24, 2.45) is 0 Å². The Morgan fingerprint density at radius 2 is 1.66 bits per heavy atom. The number of nitrogens with zero attached hydrogens (tertiary/aromatic N) is 2. The lowest BCUT2D eigenvalue weighted by atomic mass is 10.1. The van der Waals surface area contributed by atoms with Crippen molar-refractivity contribution in [3.05, 3.63) is 82.7 Å². The molecule has 1 saturated heterocycles. The Kier molecular flexibility index (Phi) is 6.66. The Labute approximate surface area is 209 Å². The van der Waals surface area contributed by atoms with Crippen LogP contribution in [0.15, 0.2) is 60.2 Å². The van der Waals surface area contributed by atoms with Crippen molar-refractivity contribution in [3.8, 4) is 5.69 Å². The summed E-state index contributed by atoms with van der Waals surface area (Å²) in [6, 6.07) is 16.9. The molecule has 0 saturated carbocycles. The normalized spacial score (nSPS) is 14.9. The molecule has 1 aliphatic heterocycles. The van der Waals surface area contributed by atoms with Crippen molar-refractivity contribution in [2.45, 2.75) is 34.1 Å². The molecular formula is C27H26N4O3S. The summed E-state index contributed by atoms with van der Waals surface area (Å²) in [6.07, 6.45) is 2.49. The Morgan fingerprint density at radius 3 is 2.26 bits per heavy atom. The lowest BCUT2D eigenvalue weighted by Gasteiger charge is -2.29. The molecule has 0 bridgehead atoms. The van der Waals surface area contributed by atoms with E-state index in [-0.39, 0.29) is 16.6 Å². The van der Waals surface area contributed by atoms with Gasteiger partial charge in [0.1, 0.15) is 5.57 Å². The summed E-state index contributed by atoms with van der Waals surface area (Å²) < 4.78 is 2.03. The van der Waals surface area contributed by atoms with Crippen LogP contribution < -0.4 is 15.5 Å². The van der Waals surface area contributed by atoms with E-state index < -0.39 is 11.8 Å². The third kappa shape index (κ3) is 4.79. The van der Waals surface area contributed by atoms with Crippen LogP contribution in [0.4, 0.5) is 11.4 Å². The number of carbonyl (C=O) groups is 3. The number of aryl methyl sites for hydroxylation is 2. The van der Waals surface area contributed by atoms with E-state index in [4.69, 9.17) is 12.2 Å². The number of anilines is 2. The van der Waals surface area contributed by atoms with Gasteiger partial charge >= 0.3 is 0 Å². The van der Waals surface area contributed by atoms with Gasteiger partial charge in [-0.3, -0.25) is 24.6 Å². The van der Waals surface area contributed by atoms with Gasteiger partial charge in [0.25, 0.3) is 11.8 Å². The molecular weight excluding hydrogens is 460 g/mol. The molecule has 2 heterocycles. The minimum absolute atomic E-state index is 0.0134. The monoisotopic (exact) mass is 486 g/mol. The average Bonchev–Trinajstić information content (AvgIpc) is 3.10. The van der Waals surface area contributed by atoms with Crippen molar-refractivity contribution in [2.75, 3.05) is 10.2 Å². The van der Waals surface area contributed by atoms with E-state index in [0.29, 0.717) is 11.4 Å². The topological polar surface area (TPSA) is 83.4 Å². The van der Waals surface area contributed by atoms with Gasteiger partial charge in [0.2, 0.25) is 5.91 Å². The molecule has 2 N–H and O–H groups in total. The second-order valence-corrected chi connectivity index (χ2v) is 8.75. The Morgan fingerprint density at radius 1 is 1.03 bits per heavy atom. The fraction of sp³-hybridized carbons (Fsp3) is 0.185. The van der Waals surface area contributed by atoms with Crippen molar-refractivity contribution in [3.63, 3.8) is 0 Å². The van der Waals surface area contributed by atoms with E-state index >= 15 is 0 Å². The molecule has 3 amide bonds. The highest BCUT2D eigenvalue weighted by Crippen LogP contribution is 2.27. The number of nitrogens with one attached hydrogen (secondary N) is 2. The number of thiocarbonyl (C=S) groups is 1. The first-order chi connectivity index (χ1) is 16.7. The average molecular weight is 487 g/mol. The summed E-state index contributed by atoms with van der Waals surface area (Å²) in [5.74, 6) is -1.12. The molecule has 0 spiro atoms. The molecule has 8 heteroatoms.